The maximum absolute atomic E-state index is 11.0. The van der Waals surface area contributed by atoms with E-state index in [2.05, 4.69) is 26.8 Å². The minimum atomic E-state index is -0.755. The fourth-order valence-electron chi connectivity index (χ4n) is 3.21. The number of unbranched alkanes of at least 4 members (excludes halogenated alkanes) is 3. The molecule has 0 radical (unpaired) electrons. The molecule has 0 unspecified atom stereocenters. The number of aryl methyl sites for hydroxylation is 2. The summed E-state index contributed by atoms with van der Waals surface area (Å²) in [6, 6.07) is 2.08. The molecule has 0 aliphatic carbocycles. The van der Waals surface area contributed by atoms with E-state index in [1.54, 1.807) is 0 Å². The van der Waals surface area contributed by atoms with E-state index in [0.29, 0.717) is 12.2 Å². The van der Waals surface area contributed by atoms with Crippen LogP contribution in [0.5, 0.6) is 5.75 Å². The van der Waals surface area contributed by atoms with Crippen LogP contribution in [0.1, 0.15) is 88.0 Å². The third-order valence-corrected chi connectivity index (χ3v) is 4.66. The van der Waals surface area contributed by atoms with Gasteiger partial charge in [0, 0.05) is 6.42 Å². The zero-order valence-corrected chi connectivity index (χ0v) is 15.7. The van der Waals surface area contributed by atoms with Crippen LogP contribution in [0.25, 0.3) is 0 Å². The first-order valence-corrected chi connectivity index (χ1v) is 9.62. The van der Waals surface area contributed by atoms with Gasteiger partial charge >= 0.3 is 5.97 Å². The van der Waals surface area contributed by atoms with Gasteiger partial charge in [-0.25, -0.2) is 0 Å². The largest absolute Gasteiger partial charge is 0.507 e. The molecule has 1 rings (SSSR count). The molecule has 24 heavy (non-hydrogen) atoms. The fraction of sp³-hybridized carbons (Fsp3) is 0.667. The van der Waals surface area contributed by atoms with Gasteiger partial charge in [-0.2, -0.15) is 0 Å². The van der Waals surface area contributed by atoms with Crippen LogP contribution in [-0.2, 0) is 30.5 Å². The van der Waals surface area contributed by atoms with Crippen molar-refractivity contribution in [1.82, 2.24) is 0 Å². The lowest BCUT2D eigenvalue weighted by Crippen LogP contribution is -2.07. The lowest BCUT2D eigenvalue weighted by molar-refractivity contribution is -0.136. The molecule has 0 aliphatic heterocycles. The molecule has 0 heterocycles. The molecule has 0 atom stereocenters. The second kappa shape index (κ2) is 11.1. The monoisotopic (exact) mass is 334 g/mol. The fourth-order valence-corrected chi connectivity index (χ4v) is 3.21. The van der Waals surface area contributed by atoms with Crippen molar-refractivity contribution in [2.75, 3.05) is 0 Å². The van der Waals surface area contributed by atoms with Crippen LogP contribution in [0.2, 0.25) is 0 Å². The van der Waals surface area contributed by atoms with Gasteiger partial charge in [0.25, 0.3) is 0 Å². The molecule has 0 amide bonds. The number of hydrogen-bond acceptors (Lipinski definition) is 2. The quantitative estimate of drug-likeness (QED) is 0.535. The molecule has 3 nitrogen and oxygen atoms in total. The van der Waals surface area contributed by atoms with Gasteiger partial charge in [-0.05, 0) is 67.2 Å². The van der Waals surface area contributed by atoms with Crippen LogP contribution in [-0.4, -0.2) is 16.2 Å². The van der Waals surface area contributed by atoms with Gasteiger partial charge in [-0.1, -0.05) is 46.1 Å². The second-order valence-electron chi connectivity index (χ2n) is 6.70. The summed E-state index contributed by atoms with van der Waals surface area (Å²) in [5.41, 5.74) is 4.44. The van der Waals surface area contributed by atoms with Crippen molar-refractivity contribution in [2.45, 2.75) is 91.4 Å². The summed E-state index contributed by atoms with van der Waals surface area (Å²) < 4.78 is 0. The predicted octanol–water partition coefficient (Wildman–Crippen LogP) is 5.44. The molecular formula is C21H34O3. The highest BCUT2D eigenvalue weighted by molar-refractivity contribution is 5.67. The maximum atomic E-state index is 11.0. The summed E-state index contributed by atoms with van der Waals surface area (Å²) in [5.74, 6) is -0.281. The first-order chi connectivity index (χ1) is 11.5. The van der Waals surface area contributed by atoms with Gasteiger partial charge in [-0.15, -0.1) is 0 Å². The number of phenols is 1. The molecule has 2 N–H and O–H groups in total. The minimum Gasteiger partial charge on any atom is -0.507 e. The molecule has 0 spiro atoms. The van der Waals surface area contributed by atoms with Crippen molar-refractivity contribution in [3.8, 4) is 5.75 Å². The number of benzene rings is 1. The first kappa shape index (κ1) is 20.5. The third kappa shape index (κ3) is 6.18. The van der Waals surface area contributed by atoms with Gasteiger partial charge < -0.3 is 10.2 Å². The van der Waals surface area contributed by atoms with Crippen molar-refractivity contribution < 1.29 is 15.0 Å². The second-order valence-corrected chi connectivity index (χ2v) is 6.70. The summed E-state index contributed by atoms with van der Waals surface area (Å²) in [7, 11) is 0. The molecule has 136 valence electrons. The molecule has 1 aromatic carbocycles. The molecule has 0 aromatic heterocycles. The zero-order chi connectivity index (χ0) is 17.9. The van der Waals surface area contributed by atoms with Gasteiger partial charge in [0.2, 0.25) is 0 Å². The molecule has 0 bridgehead atoms. The predicted molar refractivity (Wildman–Crippen MR) is 99.9 cm³/mol. The topological polar surface area (TPSA) is 57.5 Å². The minimum absolute atomic E-state index is 0.157. The lowest BCUT2D eigenvalue weighted by Gasteiger charge is -2.20. The number of carbonyl (C=O) groups is 1. The number of carboxylic acid groups (broad SMARTS) is 1. The number of rotatable bonds is 12. The Balaban J connectivity index is 3.28. The van der Waals surface area contributed by atoms with Crippen LogP contribution < -0.4 is 0 Å². The number of hydrogen-bond donors (Lipinski definition) is 2. The zero-order valence-electron chi connectivity index (χ0n) is 15.7. The highest BCUT2D eigenvalue weighted by Crippen LogP contribution is 2.33. The van der Waals surface area contributed by atoms with E-state index in [1.165, 1.54) is 5.56 Å². The average molecular weight is 335 g/mol. The van der Waals surface area contributed by atoms with E-state index in [-0.39, 0.29) is 6.42 Å². The number of aromatic hydroxyl groups is 1. The Hall–Kier alpha value is -1.51. The molecule has 0 saturated carbocycles. The lowest BCUT2D eigenvalue weighted by atomic mass is 9.87. The summed E-state index contributed by atoms with van der Waals surface area (Å²) in [5, 5.41) is 19.9. The van der Waals surface area contributed by atoms with Gasteiger partial charge in [-0.3, -0.25) is 4.79 Å². The van der Waals surface area contributed by atoms with Gasteiger partial charge in [0.1, 0.15) is 5.75 Å². The van der Waals surface area contributed by atoms with E-state index in [4.69, 9.17) is 5.11 Å². The normalized spacial score (nSPS) is 11.0. The van der Waals surface area contributed by atoms with Gasteiger partial charge in [0.15, 0.2) is 0 Å². The summed E-state index contributed by atoms with van der Waals surface area (Å²) >= 11 is 0. The Bertz CT molecular complexity index is 520. The van der Waals surface area contributed by atoms with E-state index >= 15 is 0 Å². The van der Waals surface area contributed by atoms with Crippen molar-refractivity contribution in [1.29, 1.82) is 0 Å². The van der Waals surface area contributed by atoms with Crippen LogP contribution in [0, 0.1) is 0 Å². The SMILES string of the molecule is CCCCc1cc(CCC(=O)O)c(CCCC)c(CCCC)c1O. The standard InChI is InChI=1S/C21H34O3/c1-4-7-10-17-15-16(13-14-20(22)23)18(11-8-5-2)19(21(17)24)12-9-6-3/h15,24H,4-14H2,1-3H3,(H,22,23). The molecular weight excluding hydrogens is 300 g/mol. The summed E-state index contributed by atoms with van der Waals surface area (Å²) in [6.07, 6.45) is 9.88. The van der Waals surface area contributed by atoms with Crippen LogP contribution in [0.15, 0.2) is 6.07 Å². The van der Waals surface area contributed by atoms with Gasteiger partial charge in [0.05, 0.1) is 0 Å². The summed E-state index contributed by atoms with van der Waals surface area (Å²) in [4.78, 5) is 11.0. The highest BCUT2D eigenvalue weighted by atomic mass is 16.4. The van der Waals surface area contributed by atoms with Crippen molar-refractivity contribution >= 4 is 5.97 Å². The first-order valence-electron chi connectivity index (χ1n) is 9.62. The Kier molecular flexibility index (Phi) is 9.51. The Morgan fingerprint density at radius 1 is 0.833 bits per heavy atom. The van der Waals surface area contributed by atoms with E-state index < -0.39 is 5.97 Å². The Morgan fingerprint density at radius 2 is 1.38 bits per heavy atom. The number of carboxylic acids is 1. The van der Waals surface area contributed by atoms with Crippen molar-refractivity contribution in [3.63, 3.8) is 0 Å². The molecule has 0 fully saturated rings. The van der Waals surface area contributed by atoms with Crippen molar-refractivity contribution in [2.24, 2.45) is 0 Å². The van der Waals surface area contributed by atoms with E-state index in [0.717, 1.165) is 74.5 Å². The molecule has 3 heteroatoms. The van der Waals surface area contributed by atoms with Crippen LogP contribution in [0.3, 0.4) is 0 Å². The average Bonchev–Trinajstić information content (AvgIpc) is 2.56. The third-order valence-electron chi connectivity index (χ3n) is 4.66. The number of phenolic OH excluding ortho intramolecular Hbond substituents is 1. The summed E-state index contributed by atoms with van der Waals surface area (Å²) in [6.45, 7) is 6.48. The maximum Gasteiger partial charge on any atom is 0.303 e. The number of aliphatic carboxylic acids is 1. The Morgan fingerprint density at radius 3 is 1.92 bits per heavy atom. The molecule has 1 aromatic rings. The highest BCUT2D eigenvalue weighted by Gasteiger charge is 2.17. The molecule has 0 aliphatic rings. The Labute approximate surface area is 147 Å². The smallest absolute Gasteiger partial charge is 0.303 e. The van der Waals surface area contributed by atoms with E-state index in [9.17, 15) is 9.90 Å². The van der Waals surface area contributed by atoms with Crippen LogP contribution >= 0.6 is 0 Å². The molecule has 0 saturated heterocycles. The van der Waals surface area contributed by atoms with E-state index in [1.807, 2.05) is 0 Å². The van der Waals surface area contributed by atoms with Crippen LogP contribution in [0.4, 0.5) is 0 Å². The van der Waals surface area contributed by atoms with Crippen molar-refractivity contribution in [3.05, 3.63) is 28.3 Å².